The minimum atomic E-state index is 0.489. The Morgan fingerprint density at radius 3 is 2.53 bits per heavy atom. The minimum absolute atomic E-state index is 0.489. The molecule has 0 saturated carbocycles. The van der Waals surface area contributed by atoms with Gasteiger partial charge in [0.25, 0.3) is 0 Å². The Kier molecular flexibility index (Phi) is 7.42. The van der Waals surface area contributed by atoms with E-state index in [2.05, 4.69) is 15.5 Å². The summed E-state index contributed by atoms with van der Waals surface area (Å²) in [5, 5.41) is 5.64. The van der Waals surface area contributed by atoms with Crippen LogP contribution in [-0.2, 0) is 0 Å². The lowest BCUT2D eigenvalue weighted by molar-refractivity contribution is 0.240. The first-order chi connectivity index (χ1) is 15.7. The van der Waals surface area contributed by atoms with Gasteiger partial charge in [-0.05, 0) is 42.5 Å². The van der Waals surface area contributed by atoms with Crippen LogP contribution in [-0.4, -0.2) is 31.5 Å². The molecule has 1 aromatic heterocycles. The number of nitrogens with one attached hydrogen (secondary N) is 1. The van der Waals surface area contributed by atoms with E-state index in [9.17, 15) is 0 Å². The van der Waals surface area contributed by atoms with E-state index in [-0.39, 0.29) is 0 Å². The molecule has 0 unspecified atom stereocenters. The maximum Gasteiger partial charge on any atom is 0.204 e. The zero-order valence-corrected chi connectivity index (χ0v) is 19.0. The van der Waals surface area contributed by atoms with E-state index in [1.807, 2.05) is 60.7 Å². The Balaban J connectivity index is 1.32. The van der Waals surface area contributed by atoms with Gasteiger partial charge in [-0.1, -0.05) is 47.2 Å². The van der Waals surface area contributed by atoms with Crippen LogP contribution in [0.2, 0.25) is 5.02 Å². The van der Waals surface area contributed by atoms with Crippen LogP contribution >= 0.6 is 22.9 Å². The third kappa shape index (κ3) is 5.69. The Morgan fingerprint density at radius 2 is 1.72 bits per heavy atom. The number of thiazole rings is 1. The van der Waals surface area contributed by atoms with Gasteiger partial charge in [0.15, 0.2) is 11.5 Å². The Morgan fingerprint density at radius 1 is 0.969 bits per heavy atom. The molecule has 0 saturated heterocycles. The lowest BCUT2D eigenvalue weighted by Crippen LogP contribution is -2.06. The molecule has 0 fully saturated rings. The van der Waals surface area contributed by atoms with Gasteiger partial charge in [-0.3, -0.25) is 5.43 Å². The van der Waals surface area contributed by atoms with Crippen LogP contribution in [0.5, 0.6) is 17.2 Å². The van der Waals surface area contributed by atoms with Crippen LogP contribution in [0.25, 0.3) is 10.2 Å². The van der Waals surface area contributed by atoms with Crippen LogP contribution in [0.3, 0.4) is 0 Å². The van der Waals surface area contributed by atoms with E-state index >= 15 is 0 Å². The highest BCUT2D eigenvalue weighted by Crippen LogP contribution is 2.27. The van der Waals surface area contributed by atoms with Crippen molar-refractivity contribution >= 4 is 44.5 Å². The molecule has 0 aliphatic carbocycles. The predicted molar refractivity (Wildman–Crippen MR) is 131 cm³/mol. The number of hydrazone groups is 1. The first kappa shape index (κ1) is 21.9. The van der Waals surface area contributed by atoms with Crippen molar-refractivity contribution in [1.82, 2.24) is 4.98 Å². The first-order valence-electron chi connectivity index (χ1n) is 10.1. The highest BCUT2D eigenvalue weighted by atomic mass is 35.5. The number of fused-ring (bicyclic) bond motifs is 1. The van der Waals surface area contributed by atoms with Gasteiger partial charge in [-0.2, -0.15) is 5.10 Å². The van der Waals surface area contributed by atoms with Crippen molar-refractivity contribution < 1.29 is 14.2 Å². The second-order valence-corrected chi connectivity index (χ2v) is 8.21. The predicted octanol–water partition coefficient (Wildman–Crippen LogP) is 6.25. The van der Waals surface area contributed by atoms with Crippen LogP contribution < -0.4 is 19.6 Å². The maximum absolute atomic E-state index is 6.17. The largest absolute Gasteiger partial charge is 0.493 e. The fraction of sp³-hybridized carbons (Fsp3) is 0.167. The van der Waals surface area contributed by atoms with E-state index in [1.54, 1.807) is 30.7 Å². The maximum atomic E-state index is 6.17. The molecule has 8 heteroatoms. The molecule has 0 aliphatic rings. The Labute approximate surface area is 195 Å². The molecule has 4 rings (SSSR count). The normalized spacial score (nSPS) is 11.1. The quantitative estimate of drug-likeness (QED) is 0.169. The van der Waals surface area contributed by atoms with Crippen molar-refractivity contribution in [3.8, 4) is 17.2 Å². The van der Waals surface area contributed by atoms with Crippen molar-refractivity contribution in [3.05, 3.63) is 77.3 Å². The van der Waals surface area contributed by atoms with Gasteiger partial charge >= 0.3 is 0 Å². The number of aromatic nitrogens is 1. The molecule has 3 aromatic carbocycles. The second-order valence-electron chi connectivity index (χ2n) is 6.74. The van der Waals surface area contributed by atoms with Gasteiger partial charge in [0.2, 0.25) is 5.13 Å². The van der Waals surface area contributed by atoms with E-state index in [0.717, 1.165) is 26.7 Å². The molecule has 0 aliphatic heterocycles. The summed E-state index contributed by atoms with van der Waals surface area (Å²) in [6, 6.07) is 21.0. The number of rotatable bonds is 10. The van der Waals surface area contributed by atoms with Gasteiger partial charge in [-0.15, -0.1) is 0 Å². The number of benzene rings is 3. The molecular formula is C24H22ClN3O3S. The number of halogens is 1. The number of methoxy groups -OCH3 is 1. The monoisotopic (exact) mass is 467 g/mol. The van der Waals surface area contributed by atoms with Gasteiger partial charge in [-0.25, -0.2) is 4.98 Å². The number of anilines is 1. The van der Waals surface area contributed by atoms with Crippen LogP contribution in [0.4, 0.5) is 5.13 Å². The lowest BCUT2D eigenvalue weighted by Gasteiger charge is -2.12. The van der Waals surface area contributed by atoms with Crippen LogP contribution in [0, 0.1) is 0 Å². The summed E-state index contributed by atoms with van der Waals surface area (Å²) >= 11 is 7.71. The molecule has 0 atom stereocenters. The third-order valence-corrected chi connectivity index (χ3v) is 5.68. The summed E-state index contributed by atoms with van der Waals surface area (Å²) in [6.45, 7) is 0.999. The number of hydrogen-bond acceptors (Lipinski definition) is 7. The van der Waals surface area contributed by atoms with E-state index in [0.29, 0.717) is 36.2 Å². The highest BCUT2D eigenvalue weighted by Gasteiger charge is 2.06. The zero-order valence-electron chi connectivity index (χ0n) is 17.5. The standard InChI is InChI=1S/C24H22ClN3O3S/c1-29-21-8-3-4-9-22(21)31-14-6-13-30-20-12-11-18(25)15-17(20)16-26-28-24-27-19-7-2-5-10-23(19)32-24/h2-5,7-12,15-16H,6,13-14H2,1H3,(H,27,28). The summed E-state index contributed by atoms with van der Waals surface area (Å²) in [4.78, 5) is 4.50. The van der Waals surface area contributed by atoms with Gasteiger partial charge in [0, 0.05) is 17.0 Å². The van der Waals surface area contributed by atoms with Crippen molar-refractivity contribution in [2.45, 2.75) is 6.42 Å². The SMILES string of the molecule is COc1ccccc1OCCCOc1ccc(Cl)cc1C=NNc1nc2ccccc2s1. The van der Waals surface area contributed by atoms with Crippen molar-refractivity contribution in [1.29, 1.82) is 0 Å². The van der Waals surface area contributed by atoms with E-state index in [1.165, 1.54) is 0 Å². The molecule has 164 valence electrons. The van der Waals surface area contributed by atoms with Crippen molar-refractivity contribution in [2.24, 2.45) is 5.10 Å². The summed E-state index contributed by atoms with van der Waals surface area (Å²) < 4.78 is 18.1. The molecule has 0 bridgehead atoms. The first-order valence-corrected chi connectivity index (χ1v) is 11.3. The zero-order chi connectivity index (χ0) is 22.2. The molecule has 4 aromatic rings. The number of hydrogen-bond donors (Lipinski definition) is 1. The Bertz CT molecular complexity index is 1180. The third-order valence-electron chi connectivity index (χ3n) is 4.50. The second kappa shape index (κ2) is 10.8. The lowest BCUT2D eigenvalue weighted by atomic mass is 10.2. The average Bonchev–Trinajstić information content (AvgIpc) is 3.23. The fourth-order valence-electron chi connectivity index (χ4n) is 2.99. The highest BCUT2D eigenvalue weighted by molar-refractivity contribution is 7.22. The number of para-hydroxylation sites is 3. The van der Waals surface area contributed by atoms with Crippen molar-refractivity contribution in [2.75, 3.05) is 25.7 Å². The summed E-state index contributed by atoms with van der Waals surface area (Å²) in [5.41, 5.74) is 4.70. The topological polar surface area (TPSA) is 65.0 Å². The molecule has 1 heterocycles. The molecule has 32 heavy (non-hydrogen) atoms. The summed E-state index contributed by atoms with van der Waals surface area (Å²) in [7, 11) is 1.63. The fourth-order valence-corrected chi connectivity index (χ4v) is 3.99. The molecule has 0 amide bonds. The van der Waals surface area contributed by atoms with Crippen LogP contribution in [0.15, 0.2) is 71.8 Å². The molecule has 6 nitrogen and oxygen atoms in total. The smallest absolute Gasteiger partial charge is 0.204 e. The summed E-state index contributed by atoms with van der Waals surface area (Å²) in [6.07, 6.45) is 2.39. The molecular weight excluding hydrogens is 446 g/mol. The van der Waals surface area contributed by atoms with Gasteiger partial charge in [0.1, 0.15) is 5.75 Å². The Hall–Kier alpha value is -3.29. The number of ether oxygens (including phenoxy) is 3. The van der Waals surface area contributed by atoms with Gasteiger partial charge in [0.05, 0.1) is 36.8 Å². The average molecular weight is 468 g/mol. The molecule has 0 radical (unpaired) electrons. The van der Waals surface area contributed by atoms with E-state index in [4.69, 9.17) is 25.8 Å². The van der Waals surface area contributed by atoms with Crippen molar-refractivity contribution in [3.63, 3.8) is 0 Å². The molecule has 1 N–H and O–H groups in total. The molecule has 0 spiro atoms. The van der Waals surface area contributed by atoms with Crippen LogP contribution in [0.1, 0.15) is 12.0 Å². The minimum Gasteiger partial charge on any atom is -0.493 e. The number of nitrogens with zero attached hydrogens (tertiary/aromatic N) is 2. The summed E-state index contributed by atoms with van der Waals surface area (Å²) in [5.74, 6) is 2.13. The van der Waals surface area contributed by atoms with E-state index < -0.39 is 0 Å². The van der Waals surface area contributed by atoms with Gasteiger partial charge < -0.3 is 14.2 Å².